The monoisotopic (exact) mass is 533 g/mol. The fraction of sp³-hybridized carbons (Fsp3) is 0.222. The van der Waals surface area contributed by atoms with Crippen molar-refractivity contribution in [2.24, 2.45) is 0 Å². The van der Waals surface area contributed by atoms with Gasteiger partial charge >= 0.3 is 0 Å². The van der Waals surface area contributed by atoms with Gasteiger partial charge in [-0.05, 0) is 32.3 Å². The lowest BCUT2D eigenvalue weighted by Gasteiger charge is -2.11. The Morgan fingerprint density at radius 1 is 1.08 bits per heavy atom. The molecule has 0 unspecified atom stereocenters. The zero-order valence-corrected chi connectivity index (χ0v) is 21.1. The van der Waals surface area contributed by atoms with E-state index in [4.69, 9.17) is 31.4 Å². The fourth-order valence-corrected chi connectivity index (χ4v) is 4.89. The number of halogens is 3. The molecule has 2 aromatic carbocycles. The third-order valence-corrected chi connectivity index (χ3v) is 6.61. The SMILES string of the molecule is CCOc1cc(F)c(Cn2nc(-c3nc4c(c(Nc5cnnc(Cl)c5)n3)CCC4)c3ccccc32)c(F)c1. The van der Waals surface area contributed by atoms with Gasteiger partial charge in [0, 0.05) is 40.4 Å². The molecular weight excluding hydrogens is 512 g/mol. The van der Waals surface area contributed by atoms with E-state index in [-0.39, 0.29) is 23.0 Å². The summed E-state index contributed by atoms with van der Waals surface area (Å²) in [4.78, 5) is 9.66. The first-order valence-electron chi connectivity index (χ1n) is 12.2. The van der Waals surface area contributed by atoms with E-state index >= 15 is 0 Å². The molecule has 3 heterocycles. The van der Waals surface area contributed by atoms with Crippen molar-refractivity contribution in [1.29, 1.82) is 0 Å². The topological polar surface area (TPSA) is 90.6 Å². The second kappa shape index (κ2) is 9.94. The molecule has 0 saturated heterocycles. The van der Waals surface area contributed by atoms with Crippen molar-refractivity contribution in [1.82, 2.24) is 29.9 Å². The Morgan fingerprint density at radius 2 is 1.89 bits per heavy atom. The molecular formula is C27H22ClF2N7O. The number of aryl methyl sites for hydroxylation is 1. The predicted octanol–water partition coefficient (Wildman–Crippen LogP) is 5.89. The van der Waals surface area contributed by atoms with E-state index in [0.29, 0.717) is 35.1 Å². The molecule has 3 aromatic heterocycles. The minimum Gasteiger partial charge on any atom is -0.494 e. The van der Waals surface area contributed by atoms with E-state index in [0.717, 1.165) is 35.9 Å². The Labute approximate surface area is 221 Å². The van der Waals surface area contributed by atoms with Crippen LogP contribution in [0.4, 0.5) is 20.3 Å². The van der Waals surface area contributed by atoms with Crippen molar-refractivity contribution in [2.45, 2.75) is 32.7 Å². The van der Waals surface area contributed by atoms with Gasteiger partial charge in [-0.1, -0.05) is 29.8 Å². The highest BCUT2D eigenvalue weighted by Gasteiger charge is 2.24. The van der Waals surface area contributed by atoms with Crippen molar-refractivity contribution >= 4 is 34.0 Å². The highest BCUT2D eigenvalue weighted by Crippen LogP contribution is 2.34. The normalized spacial score (nSPS) is 12.6. The van der Waals surface area contributed by atoms with E-state index in [1.54, 1.807) is 23.9 Å². The van der Waals surface area contributed by atoms with Crippen LogP contribution < -0.4 is 10.1 Å². The van der Waals surface area contributed by atoms with Crippen LogP contribution in [0, 0.1) is 11.6 Å². The highest BCUT2D eigenvalue weighted by molar-refractivity contribution is 6.29. The quantitative estimate of drug-likeness (QED) is 0.279. The second-order valence-corrected chi connectivity index (χ2v) is 9.28. The summed E-state index contributed by atoms with van der Waals surface area (Å²) in [5, 5.41) is 16.8. The molecule has 38 heavy (non-hydrogen) atoms. The number of nitrogens with one attached hydrogen (secondary N) is 1. The summed E-state index contributed by atoms with van der Waals surface area (Å²) in [6.45, 7) is 1.96. The molecule has 5 aromatic rings. The van der Waals surface area contributed by atoms with Crippen LogP contribution in [0.2, 0.25) is 5.15 Å². The van der Waals surface area contributed by atoms with Gasteiger partial charge in [0.2, 0.25) is 0 Å². The molecule has 1 N–H and O–H groups in total. The number of nitrogens with zero attached hydrogens (tertiary/aromatic N) is 6. The van der Waals surface area contributed by atoms with Crippen LogP contribution in [-0.2, 0) is 19.4 Å². The lowest BCUT2D eigenvalue weighted by molar-refractivity contribution is 0.335. The summed E-state index contributed by atoms with van der Waals surface area (Å²) in [6, 6.07) is 11.5. The van der Waals surface area contributed by atoms with E-state index in [1.807, 2.05) is 24.3 Å². The minimum absolute atomic E-state index is 0.104. The molecule has 0 radical (unpaired) electrons. The van der Waals surface area contributed by atoms with Crippen molar-refractivity contribution in [3.63, 3.8) is 0 Å². The number of para-hydroxylation sites is 1. The Hall–Kier alpha value is -4.18. The Morgan fingerprint density at radius 3 is 2.68 bits per heavy atom. The van der Waals surface area contributed by atoms with Crippen LogP contribution in [0.3, 0.4) is 0 Å². The molecule has 11 heteroatoms. The number of hydrogen-bond acceptors (Lipinski definition) is 7. The van der Waals surface area contributed by atoms with E-state index in [9.17, 15) is 8.78 Å². The largest absolute Gasteiger partial charge is 0.494 e. The number of hydrogen-bond donors (Lipinski definition) is 1. The molecule has 0 bridgehead atoms. The summed E-state index contributed by atoms with van der Waals surface area (Å²) < 4.78 is 36.6. The molecule has 0 atom stereocenters. The van der Waals surface area contributed by atoms with E-state index in [2.05, 4.69) is 15.5 Å². The van der Waals surface area contributed by atoms with Gasteiger partial charge in [0.05, 0.1) is 30.6 Å². The number of aromatic nitrogens is 6. The maximum absolute atomic E-state index is 14.9. The predicted molar refractivity (Wildman–Crippen MR) is 140 cm³/mol. The molecule has 0 saturated carbocycles. The number of ether oxygens (including phenoxy) is 1. The summed E-state index contributed by atoms with van der Waals surface area (Å²) in [7, 11) is 0. The van der Waals surface area contributed by atoms with Gasteiger partial charge in [0.15, 0.2) is 11.0 Å². The van der Waals surface area contributed by atoms with Crippen molar-refractivity contribution in [2.75, 3.05) is 11.9 Å². The molecule has 1 aliphatic rings. The number of fused-ring (bicyclic) bond motifs is 2. The number of rotatable bonds is 7. The smallest absolute Gasteiger partial charge is 0.182 e. The lowest BCUT2D eigenvalue weighted by atomic mass is 10.1. The van der Waals surface area contributed by atoms with Gasteiger partial charge in [0.25, 0.3) is 0 Å². The zero-order valence-electron chi connectivity index (χ0n) is 20.4. The summed E-state index contributed by atoms with van der Waals surface area (Å²) >= 11 is 6.02. The second-order valence-electron chi connectivity index (χ2n) is 8.89. The standard InChI is InChI=1S/C27H22ClF2N7O/c1-2-38-16-11-20(29)19(21(30)12-16)14-37-23-9-4-3-6-18(23)25(36-37)27-33-22-8-5-7-17(22)26(34-27)32-15-10-24(28)35-31-13-15/h3-4,6,9-13H,2,5,7-8,14H2,1H3,(H,32,33,34,35). The minimum atomic E-state index is -0.695. The van der Waals surface area contributed by atoms with Gasteiger partial charge in [0.1, 0.15) is 28.9 Å². The van der Waals surface area contributed by atoms with Crippen LogP contribution in [0.5, 0.6) is 5.75 Å². The van der Waals surface area contributed by atoms with E-state index in [1.165, 1.54) is 12.1 Å². The number of benzene rings is 2. The number of anilines is 2. The van der Waals surface area contributed by atoms with Gasteiger partial charge in [-0.3, -0.25) is 4.68 Å². The first-order valence-corrected chi connectivity index (χ1v) is 12.6. The summed E-state index contributed by atoms with van der Waals surface area (Å²) in [5.74, 6) is -0.175. The zero-order chi connectivity index (χ0) is 26.2. The van der Waals surface area contributed by atoms with Gasteiger partial charge < -0.3 is 10.1 Å². The van der Waals surface area contributed by atoms with Gasteiger partial charge in [-0.2, -0.15) is 10.2 Å². The first kappa shape index (κ1) is 24.2. The van der Waals surface area contributed by atoms with Crippen molar-refractivity contribution in [3.8, 4) is 17.3 Å². The molecule has 0 aliphatic heterocycles. The van der Waals surface area contributed by atoms with Crippen LogP contribution in [0.1, 0.15) is 30.2 Å². The average Bonchev–Trinajstić information content (AvgIpc) is 3.52. The molecule has 0 spiro atoms. The van der Waals surface area contributed by atoms with Crippen LogP contribution >= 0.6 is 11.6 Å². The van der Waals surface area contributed by atoms with Crippen molar-refractivity contribution < 1.29 is 13.5 Å². The van der Waals surface area contributed by atoms with Crippen LogP contribution in [0.25, 0.3) is 22.4 Å². The van der Waals surface area contributed by atoms with E-state index < -0.39 is 11.6 Å². The molecule has 192 valence electrons. The third-order valence-electron chi connectivity index (χ3n) is 6.42. The summed E-state index contributed by atoms with van der Waals surface area (Å²) in [6.07, 6.45) is 4.19. The molecule has 0 fully saturated rings. The average molecular weight is 534 g/mol. The summed E-state index contributed by atoms with van der Waals surface area (Å²) in [5.41, 5.74) is 3.75. The maximum Gasteiger partial charge on any atom is 0.182 e. The van der Waals surface area contributed by atoms with Gasteiger partial charge in [-0.25, -0.2) is 18.7 Å². The molecule has 8 nitrogen and oxygen atoms in total. The molecule has 6 rings (SSSR count). The van der Waals surface area contributed by atoms with Crippen LogP contribution in [-0.4, -0.2) is 36.6 Å². The lowest BCUT2D eigenvalue weighted by Crippen LogP contribution is -2.08. The van der Waals surface area contributed by atoms with Gasteiger partial charge in [-0.15, -0.1) is 5.10 Å². The molecule has 0 amide bonds. The third kappa shape index (κ3) is 4.51. The Balaban J connectivity index is 1.43. The Kier molecular flexibility index (Phi) is 6.32. The highest BCUT2D eigenvalue weighted by atomic mass is 35.5. The molecule has 1 aliphatic carbocycles. The van der Waals surface area contributed by atoms with Crippen LogP contribution in [0.15, 0.2) is 48.7 Å². The van der Waals surface area contributed by atoms with Crippen molar-refractivity contribution in [3.05, 3.63) is 82.3 Å². The first-order chi connectivity index (χ1) is 18.5. The fourth-order valence-electron chi connectivity index (χ4n) is 4.73. The maximum atomic E-state index is 14.9. The Bertz CT molecular complexity index is 1650.